The summed E-state index contributed by atoms with van der Waals surface area (Å²) in [6, 6.07) is 5.53. The fourth-order valence-electron chi connectivity index (χ4n) is 2.08. The van der Waals surface area contributed by atoms with E-state index in [0.717, 1.165) is 30.8 Å². The highest BCUT2D eigenvalue weighted by Crippen LogP contribution is 2.30. The predicted octanol–water partition coefficient (Wildman–Crippen LogP) is 1.27. The first-order valence-electron chi connectivity index (χ1n) is 5.86. The predicted molar refractivity (Wildman–Crippen MR) is 65.4 cm³/mol. The van der Waals surface area contributed by atoms with E-state index in [9.17, 15) is 0 Å². The Morgan fingerprint density at radius 3 is 2.82 bits per heavy atom. The first-order chi connectivity index (χ1) is 8.22. The van der Waals surface area contributed by atoms with Crippen LogP contribution in [0.1, 0.15) is 12.0 Å². The van der Waals surface area contributed by atoms with Crippen molar-refractivity contribution in [1.82, 2.24) is 4.90 Å². The third kappa shape index (κ3) is 2.90. The summed E-state index contributed by atoms with van der Waals surface area (Å²) < 4.78 is 11.2. The highest BCUT2D eigenvalue weighted by atomic mass is 16.5. The van der Waals surface area contributed by atoms with Crippen molar-refractivity contribution < 1.29 is 14.6 Å². The molecule has 0 aliphatic carbocycles. The Morgan fingerprint density at radius 2 is 2.24 bits per heavy atom. The van der Waals surface area contributed by atoms with Gasteiger partial charge in [0, 0.05) is 13.1 Å². The summed E-state index contributed by atoms with van der Waals surface area (Å²) in [5.41, 5.74) is 0.831. The number of ether oxygens (including phenoxy) is 2. The smallest absolute Gasteiger partial charge is 0.161 e. The van der Waals surface area contributed by atoms with Crippen molar-refractivity contribution in [3.63, 3.8) is 0 Å². The van der Waals surface area contributed by atoms with Gasteiger partial charge in [-0.2, -0.15) is 0 Å². The van der Waals surface area contributed by atoms with Gasteiger partial charge in [-0.25, -0.2) is 0 Å². The third-order valence-corrected chi connectivity index (χ3v) is 3.05. The number of likely N-dealkylation sites (tertiary alicyclic amines) is 1. The molecule has 1 heterocycles. The van der Waals surface area contributed by atoms with Crippen LogP contribution in [0.4, 0.5) is 0 Å². The van der Waals surface area contributed by atoms with E-state index in [2.05, 4.69) is 11.9 Å². The summed E-state index contributed by atoms with van der Waals surface area (Å²) in [7, 11) is 3.71. The Bertz CT molecular complexity index is 381. The zero-order chi connectivity index (χ0) is 12.3. The Kier molecular flexibility index (Phi) is 3.86. The number of rotatable bonds is 4. The standard InChI is InChI=1S/C13H19NO3/c1-14-6-5-11(8-14)17-12-4-3-10(9-15)7-13(12)16-2/h3-4,7,11,15H,5-6,8-9H2,1-2H3. The third-order valence-electron chi connectivity index (χ3n) is 3.05. The summed E-state index contributed by atoms with van der Waals surface area (Å²) in [5, 5.41) is 9.06. The van der Waals surface area contributed by atoms with Crippen molar-refractivity contribution in [2.45, 2.75) is 19.1 Å². The molecule has 0 saturated carbocycles. The van der Waals surface area contributed by atoms with Crippen LogP contribution >= 0.6 is 0 Å². The molecule has 1 fully saturated rings. The molecule has 0 bridgehead atoms. The molecule has 0 radical (unpaired) electrons. The fourth-order valence-corrected chi connectivity index (χ4v) is 2.08. The van der Waals surface area contributed by atoms with Crippen LogP contribution in [0.3, 0.4) is 0 Å². The van der Waals surface area contributed by atoms with Crippen LogP contribution < -0.4 is 9.47 Å². The summed E-state index contributed by atoms with van der Waals surface area (Å²) in [4.78, 5) is 2.25. The fraction of sp³-hybridized carbons (Fsp3) is 0.538. The zero-order valence-electron chi connectivity index (χ0n) is 10.3. The maximum absolute atomic E-state index is 9.06. The molecule has 4 heteroatoms. The molecule has 1 aromatic rings. The normalized spacial score (nSPS) is 20.5. The maximum atomic E-state index is 9.06. The lowest BCUT2D eigenvalue weighted by Gasteiger charge is -2.16. The van der Waals surface area contributed by atoms with Gasteiger partial charge in [0.25, 0.3) is 0 Å². The topological polar surface area (TPSA) is 41.9 Å². The van der Waals surface area contributed by atoms with Crippen LogP contribution in [0.15, 0.2) is 18.2 Å². The minimum Gasteiger partial charge on any atom is -0.493 e. The number of hydrogen-bond donors (Lipinski definition) is 1. The second kappa shape index (κ2) is 5.38. The Hall–Kier alpha value is -1.26. The lowest BCUT2D eigenvalue weighted by Crippen LogP contribution is -2.21. The molecule has 0 amide bonds. The van der Waals surface area contributed by atoms with Crippen molar-refractivity contribution in [2.75, 3.05) is 27.2 Å². The molecule has 1 aromatic carbocycles. The van der Waals surface area contributed by atoms with Gasteiger partial charge in [0.1, 0.15) is 6.10 Å². The molecule has 2 rings (SSSR count). The van der Waals surface area contributed by atoms with Crippen molar-refractivity contribution in [2.24, 2.45) is 0 Å². The van der Waals surface area contributed by atoms with E-state index in [-0.39, 0.29) is 12.7 Å². The van der Waals surface area contributed by atoms with E-state index in [1.54, 1.807) is 7.11 Å². The van der Waals surface area contributed by atoms with Crippen LogP contribution in [0.5, 0.6) is 11.5 Å². The Balaban J connectivity index is 2.09. The van der Waals surface area contributed by atoms with Gasteiger partial charge in [-0.1, -0.05) is 6.07 Å². The van der Waals surface area contributed by atoms with Gasteiger partial charge in [0.2, 0.25) is 0 Å². The molecule has 4 nitrogen and oxygen atoms in total. The van der Waals surface area contributed by atoms with E-state index in [0.29, 0.717) is 5.75 Å². The average molecular weight is 237 g/mol. The molecule has 17 heavy (non-hydrogen) atoms. The molecule has 0 spiro atoms. The second-order valence-electron chi connectivity index (χ2n) is 4.43. The van der Waals surface area contributed by atoms with Crippen molar-refractivity contribution in [3.05, 3.63) is 23.8 Å². The summed E-state index contributed by atoms with van der Waals surface area (Å²) in [6.07, 6.45) is 1.27. The number of methoxy groups -OCH3 is 1. The van der Waals surface area contributed by atoms with Gasteiger partial charge in [-0.15, -0.1) is 0 Å². The summed E-state index contributed by atoms with van der Waals surface area (Å²) >= 11 is 0. The molecule has 1 aliphatic heterocycles. The molecule has 1 atom stereocenters. The Labute approximate surface area is 102 Å². The van der Waals surface area contributed by atoms with Crippen molar-refractivity contribution in [1.29, 1.82) is 0 Å². The number of likely N-dealkylation sites (N-methyl/N-ethyl adjacent to an activating group) is 1. The molecule has 1 saturated heterocycles. The Morgan fingerprint density at radius 1 is 1.41 bits per heavy atom. The van der Waals surface area contributed by atoms with Crippen LogP contribution in [-0.4, -0.2) is 43.4 Å². The zero-order valence-corrected chi connectivity index (χ0v) is 10.3. The van der Waals surface area contributed by atoms with Crippen LogP contribution in [0.2, 0.25) is 0 Å². The van der Waals surface area contributed by atoms with Gasteiger partial charge in [-0.3, -0.25) is 0 Å². The summed E-state index contributed by atoms with van der Waals surface area (Å²) in [6.45, 7) is 2.04. The number of hydrogen-bond acceptors (Lipinski definition) is 4. The van der Waals surface area contributed by atoms with E-state index in [1.807, 2.05) is 18.2 Å². The molecule has 1 aliphatic rings. The SMILES string of the molecule is COc1cc(CO)ccc1OC1CCN(C)C1. The second-order valence-corrected chi connectivity index (χ2v) is 4.43. The lowest BCUT2D eigenvalue weighted by atomic mass is 10.2. The molecular weight excluding hydrogens is 218 g/mol. The minimum absolute atomic E-state index is 0.0167. The molecular formula is C13H19NO3. The number of aliphatic hydroxyl groups excluding tert-OH is 1. The van der Waals surface area contributed by atoms with Crippen LogP contribution in [0, 0.1) is 0 Å². The van der Waals surface area contributed by atoms with Crippen LogP contribution in [0.25, 0.3) is 0 Å². The van der Waals surface area contributed by atoms with E-state index < -0.39 is 0 Å². The molecule has 1 unspecified atom stereocenters. The number of nitrogens with zero attached hydrogens (tertiary/aromatic N) is 1. The average Bonchev–Trinajstić information content (AvgIpc) is 2.75. The largest absolute Gasteiger partial charge is 0.493 e. The summed E-state index contributed by atoms with van der Waals surface area (Å²) in [5.74, 6) is 1.44. The van der Waals surface area contributed by atoms with Gasteiger partial charge in [0.05, 0.1) is 13.7 Å². The van der Waals surface area contributed by atoms with Crippen LogP contribution in [-0.2, 0) is 6.61 Å². The van der Waals surface area contributed by atoms with E-state index >= 15 is 0 Å². The first kappa shape index (κ1) is 12.2. The van der Waals surface area contributed by atoms with E-state index in [4.69, 9.17) is 14.6 Å². The molecule has 1 N–H and O–H groups in total. The quantitative estimate of drug-likeness (QED) is 0.856. The monoisotopic (exact) mass is 237 g/mol. The van der Waals surface area contributed by atoms with E-state index in [1.165, 1.54) is 0 Å². The number of benzene rings is 1. The first-order valence-corrected chi connectivity index (χ1v) is 5.86. The maximum Gasteiger partial charge on any atom is 0.161 e. The highest BCUT2D eigenvalue weighted by molar-refractivity contribution is 5.43. The van der Waals surface area contributed by atoms with Crippen molar-refractivity contribution >= 4 is 0 Å². The van der Waals surface area contributed by atoms with Crippen molar-refractivity contribution in [3.8, 4) is 11.5 Å². The number of aliphatic hydroxyl groups is 1. The highest BCUT2D eigenvalue weighted by Gasteiger charge is 2.22. The van der Waals surface area contributed by atoms with Gasteiger partial charge < -0.3 is 19.5 Å². The molecule has 94 valence electrons. The van der Waals surface area contributed by atoms with Gasteiger partial charge in [-0.05, 0) is 31.2 Å². The minimum atomic E-state index is 0.0167. The van der Waals surface area contributed by atoms with Gasteiger partial charge in [0.15, 0.2) is 11.5 Å². The molecule has 0 aromatic heterocycles. The van der Waals surface area contributed by atoms with Gasteiger partial charge >= 0.3 is 0 Å². The lowest BCUT2D eigenvalue weighted by molar-refractivity contribution is 0.199.